The lowest BCUT2D eigenvalue weighted by Gasteiger charge is -2.05. The largest absolute Gasteiger partial charge is 0.478 e. The zero-order chi connectivity index (χ0) is 15.2. The molecule has 0 spiro atoms. The van der Waals surface area contributed by atoms with Crippen LogP contribution in [0.25, 0.3) is 6.08 Å². The van der Waals surface area contributed by atoms with E-state index in [2.05, 4.69) is 5.32 Å². The van der Waals surface area contributed by atoms with Crippen molar-refractivity contribution in [2.75, 3.05) is 5.32 Å². The molecule has 0 heterocycles. The number of para-hydroxylation sites is 1. The molecule has 106 valence electrons. The van der Waals surface area contributed by atoms with Gasteiger partial charge in [0.2, 0.25) is 5.91 Å². The Bertz CT molecular complexity index is 710. The predicted octanol–water partition coefficient (Wildman–Crippen LogP) is 3.69. The minimum Gasteiger partial charge on any atom is -0.478 e. The average molecular weight is 302 g/mol. The minimum absolute atomic E-state index is 0.0435. The van der Waals surface area contributed by atoms with Crippen LogP contribution in [0.3, 0.4) is 0 Å². The number of hydrogen-bond donors (Lipinski definition) is 2. The highest BCUT2D eigenvalue weighted by molar-refractivity contribution is 6.30. The first-order valence-corrected chi connectivity index (χ1v) is 6.51. The van der Waals surface area contributed by atoms with E-state index in [0.29, 0.717) is 5.02 Å². The summed E-state index contributed by atoms with van der Waals surface area (Å²) in [6.45, 7) is 0. The predicted molar refractivity (Wildman–Crippen MR) is 82.5 cm³/mol. The SMILES string of the molecule is O=C(/C=C/c1cccc(Cl)c1)Nc1ccccc1C(=O)O. The van der Waals surface area contributed by atoms with Crippen LogP contribution in [0.4, 0.5) is 5.69 Å². The summed E-state index contributed by atoms with van der Waals surface area (Å²) in [6.07, 6.45) is 2.93. The van der Waals surface area contributed by atoms with Crippen LogP contribution in [0.2, 0.25) is 5.02 Å². The van der Waals surface area contributed by atoms with E-state index < -0.39 is 11.9 Å². The summed E-state index contributed by atoms with van der Waals surface area (Å²) in [5.74, 6) is -1.51. The molecule has 0 saturated heterocycles. The van der Waals surface area contributed by atoms with Crippen LogP contribution in [-0.2, 0) is 4.79 Å². The molecule has 21 heavy (non-hydrogen) atoms. The van der Waals surface area contributed by atoms with Gasteiger partial charge < -0.3 is 10.4 Å². The van der Waals surface area contributed by atoms with Crippen molar-refractivity contribution in [2.45, 2.75) is 0 Å². The maximum absolute atomic E-state index is 11.8. The first kappa shape index (κ1) is 14.8. The van der Waals surface area contributed by atoms with Gasteiger partial charge in [-0.2, -0.15) is 0 Å². The smallest absolute Gasteiger partial charge is 0.337 e. The molecule has 0 bridgehead atoms. The molecule has 0 radical (unpaired) electrons. The fourth-order valence-corrected chi connectivity index (χ4v) is 1.93. The molecule has 0 unspecified atom stereocenters. The Kier molecular flexibility index (Phi) is 4.74. The second kappa shape index (κ2) is 6.72. The van der Waals surface area contributed by atoms with E-state index in [1.54, 1.807) is 42.5 Å². The molecule has 0 fully saturated rings. The van der Waals surface area contributed by atoms with E-state index in [-0.39, 0.29) is 11.3 Å². The molecule has 0 aliphatic carbocycles. The van der Waals surface area contributed by atoms with Crippen molar-refractivity contribution in [3.05, 3.63) is 70.8 Å². The van der Waals surface area contributed by atoms with Gasteiger partial charge in [-0.1, -0.05) is 35.9 Å². The van der Waals surface area contributed by atoms with E-state index in [4.69, 9.17) is 16.7 Å². The van der Waals surface area contributed by atoms with E-state index in [1.807, 2.05) is 0 Å². The van der Waals surface area contributed by atoms with Crippen molar-refractivity contribution in [1.29, 1.82) is 0 Å². The standard InChI is InChI=1S/C16H12ClNO3/c17-12-5-3-4-11(10-12)8-9-15(19)18-14-7-2-1-6-13(14)16(20)21/h1-10H,(H,18,19)(H,20,21)/b9-8+. The Morgan fingerprint density at radius 2 is 1.86 bits per heavy atom. The van der Waals surface area contributed by atoms with Crippen molar-refractivity contribution < 1.29 is 14.7 Å². The molecule has 0 saturated carbocycles. The molecule has 0 atom stereocenters. The van der Waals surface area contributed by atoms with Crippen molar-refractivity contribution in [3.8, 4) is 0 Å². The number of amides is 1. The molecule has 2 aromatic carbocycles. The van der Waals surface area contributed by atoms with Crippen LogP contribution in [0, 0.1) is 0 Å². The third-order valence-corrected chi connectivity index (χ3v) is 2.93. The molecule has 4 nitrogen and oxygen atoms in total. The molecule has 0 aliphatic rings. The first-order chi connectivity index (χ1) is 10.1. The van der Waals surface area contributed by atoms with Crippen molar-refractivity contribution in [2.24, 2.45) is 0 Å². The number of aromatic carboxylic acids is 1. The molecule has 0 aromatic heterocycles. The summed E-state index contributed by atoms with van der Waals surface area (Å²) in [6, 6.07) is 13.3. The van der Waals surface area contributed by atoms with Crippen molar-refractivity contribution in [3.63, 3.8) is 0 Å². The number of rotatable bonds is 4. The van der Waals surface area contributed by atoms with Gasteiger partial charge in [0, 0.05) is 11.1 Å². The number of anilines is 1. The lowest BCUT2D eigenvalue weighted by molar-refractivity contribution is -0.111. The monoisotopic (exact) mass is 301 g/mol. The van der Waals surface area contributed by atoms with Gasteiger partial charge in [-0.15, -0.1) is 0 Å². The molecular weight excluding hydrogens is 290 g/mol. The average Bonchev–Trinajstić information content (AvgIpc) is 2.45. The van der Waals surface area contributed by atoms with Gasteiger partial charge in [0.25, 0.3) is 0 Å². The van der Waals surface area contributed by atoms with Crippen molar-refractivity contribution >= 4 is 35.2 Å². The van der Waals surface area contributed by atoms with Gasteiger partial charge >= 0.3 is 5.97 Å². The van der Waals surface area contributed by atoms with Gasteiger partial charge in [-0.05, 0) is 35.9 Å². The summed E-state index contributed by atoms with van der Waals surface area (Å²) < 4.78 is 0. The number of hydrogen-bond acceptors (Lipinski definition) is 2. The van der Waals surface area contributed by atoms with Crippen LogP contribution in [0.15, 0.2) is 54.6 Å². The number of nitrogens with one attached hydrogen (secondary N) is 1. The number of carbonyl (C=O) groups is 2. The highest BCUT2D eigenvalue weighted by Gasteiger charge is 2.09. The maximum Gasteiger partial charge on any atom is 0.337 e. The van der Waals surface area contributed by atoms with Crippen LogP contribution in [-0.4, -0.2) is 17.0 Å². The van der Waals surface area contributed by atoms with E-state index in [9.17, 15) is 9.59 Å². The van der Waals surface area contributed by atoms with Gasteiger partial charge in [0.1, 0.15) is 0 Å². The molecule has 2 rings (SSSR count). The van der Waals surface area contributed by atoms with Crippen LogP contribution < -0.4 is 5.32 Å². The summed E-state index contributed by atoms with van der Waals surface area (Å²) in [5, 5.41) is 12.1. The van der Waals surface area contributed by atoms with Crippen molar-refractivity contribution in [1.82, 2.24) is 0 Å². The Balaban J connectivity index is 2.10. The van der Waals surface area contributed by atoms with E-state index in [0.717, 1.165) is 5.56 Å². The van der Waals surface area contributed by atoms with Gasteiger partial charge in [0.05, 0.1) is 11.3 Å². The second-order valence-corrected chi connectivity index (χ2v) is 4.66. The Hall–Kier alpha value is -2.59. The van der Waals surface area contributed by atoms with Crippen LogP contribution in [0.5, 0.6) is 0 Å². The zero-order valence-corrected chi connectivity index (χ0v) is 11.7. The fraction of sp³-hybridized carbons (Fsp3) is 0. The van der Waals surface area contributed by atoms with Gasteiger partial charge in [0.15, 0.2) is 0 Å². The molecular formula is C16H12ClNO3. The lowest BCUT2D eigenvalue weighted by Crippen LogP contribution is -2.11. The summed E-state index contributed by atoms with van der Waals surface area (Å²) >= 11 is 5.85. The van der Waals surface area contributed by atoms with Gasteiger partial charge in [-0.3, -0.25) is 4.79 Å². The summed E-state index contributed by atoms with van der Waals surface area (Å²) in [5.41, 5.74) is 1.08. The zero-order valence-electron chi connectivity index (χ0n) is 10.9. The highest BCUT2D eigenvalue weighted by atomic mass is 35.5. The summed E-state index contributed by atoms with van der Waals surface area (Å²) in [7, 11) is 0. The molecule has 0 aliphatic heterocycles. The normalized spacial score (nSPS) is 10.5. The van der Waals surface area contributed by atoms with Crippen LogP contribution in [0.1, 0.15) is 15.9 Å². The third kappa shape index (κ3) is 4.19. The summed E-state index contributed by atoms with van der Waals surface area (Å²) in [4.78, 5) is 22.9. The van der Waals surface area contributed by atoms with E-state index in [1.165, 1.54) is 18.2 Å². The molecule has 1 amide bonds. The molecule has 2 aromatic rings. The topological polar surface area (TPSA) is 66.4 Å². The van der Waals surface area contributed by atoms with Gasteiger partial charge in [-0.25, -0.2) is 4.79 Å². The number of carboxylic acids is 1. The van der Waals surface area contributed by atoms with Crippen LogP contribution >= 0.6 is 11.6 Å². The Labute approximate surface area is 126 Å². The minimum atomic E-state index is -1.09. The third-order valence-electron chi connectivity index (χ3n) is 2.69. The second-order valence-electron chi connectivity index (χ2n) is 4.23. The number of halogens is 1. The number of carboxylic acid groups (broad SMARTS) is 1. The highest BCUT2D eigenvalue weighted by Crippen LogP contribution is 2.15. The molecule has 2 N–H and O–H groups in total. The van der Waals surface area contributed by atoms with E-state index >= 15 is 0 Å². The Morgan fingerprint density at radius 1 is 1.10 bits per heavy atom. The fourth-order valence-electron chi connectivity index (χ4n) is 1.74. The Morgan fingerprint density at radius 3 is 2.57 bits per heavy atom. The lowest BCUT2D eigenvalue weighted by atomic mass is 10.1. The maximum atomic E-state index is 11.8. The quantitative estimate of drug-likeness (QED) is 0.846. The molecule has 5 heteroatoms. The number of carbonyl (C=O) groups excluding carboxylic acids is 1. The first-order valence-electron chi connectivity index (χ1n) is 6.13. The number of benzene rings is 2.